The van der Waals surface area contributed by atoms with Crippen molar-refractivity contribution in [2.45, 2.75) is 52.7 Å². The molecule has 0 saturated heterocycles. The van der Waals surface area contributed by atoms with E-state index in [0.29, 0.717) is 13.1 Å². The topological polar surface area (TPSA) is 71.8 Å². The van der Waals surface area contributed by atoms with Crippen LogP contribution in [0.15, 0.2) is 6.33 Å². The second-order valence-corrected chi connectivity index (χ2v) is 4.22. The first-order valence-electron chi connectivity index (χ1n) is 6.57. The molecule has 0 radical (unpaired) electrons. The van der Waals surface area contributed by atoms with Crippen LogP contribution in [0.5, 0.6) is 0 Å². The lowest BCUT2D eigenvalue weighted by Crippen LogP contribution is -2.39. The first-order valence-corrected chi connectivity index (χ1v) is 6.57. The van der Waals surface area contributed by atoms with E-state index in [1.807, 2.05) is 11.5 Å². The van der Waals surface area contributed by atoms with Crippen LogP contribution in [0, 0.1) is 0 Å². The molecule has 1 amide bonds. The number of hydrogen-bond donors (Lipinski definition) is 2. The lowest BCUT2D eigenvalue weighted by molar-refractivity contribution is -0.121. The minimum absolute atomic E-state index is 0.0336. The van der Waals surface area contributed by atoms with Crippen LogP contribution in [-0.2, 0) is 17.9 Å². The number of carbonyl (C=O) groups is 1. The number of hydrogen-bond acceptors (Lipinski definition) is 4. The van der Waals surface area contributed by atoms with E-state index in [-0.39, 0.29) is 11.9 Å². The highest BCUT2D eigenvalue weighted by Gasteiger charge is 2.08. The maximum atomic E-state index is 11.6. The van der Waals surface area contributed by atoms with Crippen molar-refractivity contribution in [1.29, 1.82) is 0 Å². The van der Waals surface area contributed by atoms with Crippen molar-refractivity contribution in [3.8, 4) is 0 Å². The van der Waals surface area contributed by atoms with Crippen LogP contribution in [0.2, 0.25) is 0 Å². The summed E-state index contributed by atoms with van der Waals surface area (Å²) in [6.07, 6.45) is 3.63. The molecule has 0 saturated carbocycles. The zero-order chi connectivity index (χ0) is 13.4. The predicted molar refractivity (Wildman–Crippen MR) is 69.9 cm³/mol. The predicted octanol–water partition coefficient (Wildman–Crippen LogP) is 0.692. The number of nitrogens with zero attached hydrogens (tertiary/aromatic N) is 3. The molecule has 1 heterocycles. The number of carbonyl (C=O) groups excluding carboxylic acids is 1. The minimum atomic E-state index is 0.0336. The molecule has 0 bridgehead atoms. The number of aryl methyl sites for hydroxylation is 1. The molecule has 0 aliphatic carbocycles. The Morgan fingerprint density at radius 2 is 2.11 bits per heavy atom. The lowest BCUT2D eigenvalue weighted by Gasteiger charge is -2.14. The smallest absolute Gasteiger partial charge is 0.234 e. The third-order valence-electron chi connectivity index (χ3n) is 2.96. The van der Waals surface area contributed by atoms with E-state index in [9.17, 15) is 4.79 Å². The average Bonchev–Trinajstić information content (AvgIpc) is 2.83. The standard InChI is InChI=1S/C12H23N5O/c1-4-10(5-2)15-12(18)8-13-7-11-16-14-9-17(11)6-3/h9-10,13H,4-8H2,1-3H3,(H,15,18). The van der Waals surface area contributed by atoms with Crippen LogP contribution < -0.4 is 10.6 Å². The summed E-state index contributed by atoms with van der Waals surface area (Å²) in [7, 11) is 0. The molecule has 0 fully saturated rings. The molecule has 102 valence electrons. The summed E-state index contributed by atoms with van der Waals surface area (Å²) in [5.41, 5.74) is 0. The second-order valence-electron chi connectivity index (χ2n) is 4.22. The largest absolute Gasteiger partial charge is 0.352 e. The molecule has 0 atom stereocenters. The number of aromatic nitrogens is 3. The van der Waals surface area contributed by atoms with Crippen LogP contribution in [-0.4, -0.2) is 33.3 Å². The summed E-state index contributed by atoms with van der Waals surface area (Å²) in [5.74, 6) is 0.888. The maximum Gasteiger partial charge on any atom is 0.234 e. The van der Waals surface area contributed by atoms with Crippen LogP contribution in [0.4, 0.5) is 0 Å². The Kier molecular flexibility index (Phi) is 6.35. The molecule has 1 aromatic rings. The fraction of sp³-hybridized carbons (Fsp3) is 0.750. The zero-order valence-electron chi connectivity index (χ0n) is 11.4. The Hall–Kier alpha value is -1.43. The van der Waals surface area contributed by atoms with Crippen LogP contribution in [0.25, 0.3) is 0 Å². The molecule has 0 aromatic carbocycles. The van der Waals surface area contributed by atoms with Crippen LogP contribution in [0.1, 0.15) is 39.4 Å². The molecular weight excluding hydrogens is 230 g/mol. The van der Waals surface area contributed by atoms with Gasteiger partial charge in [0.2, 0.25) is 5.91 Å². The van der Waals surface area contributed by atoms with Crippen molar-refractivity contribution >= 4 is 5.91 Å². The summed E-state index contributed by atoms with van der Waals surface area (Å²) in [6.45, 7) is 7.89. The fourth-order valence-corrected chi connectivity index (χ4v) is 1.74. The third kappa shape index (κ3) is 4.44. The van der Waals surface area contributed by atoms with E-state index in [4.69, 9.17) is 0 Å². The maximum absolute atomic E-state index is 11.6. The van der Waals surface area contributed by atoms with Gasteiger partial charge in [0.25, 0.3) is 0 Å². The number of nitrogens with one attached hydrogen (secondary N) is 2. The first kappa shape index (κ1) is 14.6. The molecule has 0 spiro atoms. The van der Waals surface area contributed by atoms with Crippen molar-refractivity contribution in [3.05, 3.63) is 12.2 Å². The van der Waals surface area contributed by atoms with Gasteiger partial charge in [0, 0.05) is 12.6 Å². The van der Waals surface area contributed by atoms with E-state index in [2.05, 4.69) is 34.7 Å². The van der Waals surface area contributed by atoms with Gasteiger partial charge in [-0.2, -0.15) is 0 Å². The average molecular weight is 253 g/mol. The highest BCUT2D eigenvalue weighted by atomic mass is 16.1. The SMILES string of the molecule is CCC(CC)NC(=O)CNCc1nncn1CC. The molecule has 1 aromatic heterocycles. The fourth-order valence-electron chi connectivity index (χ4n) is 1.74. The van der Waals surface area contributed by atoms with E-state index >= 15 is 0 Å². The van der Waals surface area contributed by atoms with Gasteiger partial charge in [-0.15, -0.1) is 10.2 Å². The minimum Gasteiger partial charge on any atom is -0.352 e. The normalized spacial score (nSPS) is 10.9. The van der Waals surface area contributed by atoms with E-state index in [1.165, 1.54) is 0 Å². The highest BCUT2D eigenvalue weighted by Crippen LogP contribution is 1.96. The molecule has 1 rings (SSSR count). The molecule has 0 unspecified atom stereocenters. The van der Waals surface area contributed by atoms with E-state index in [0.717, 1.165) is 25.2 Å². The molecule has 2 N–H and O–H groups in total. The summed E-state index contributed by atoms with van der Waals surface area (Å²) >= 11 is 0. The zero-order valence-corrected chi connectivity index (χ0v) is 11.4. The van der Waals surface area contributed by atoms with Gasteiger partial charge in [-0.3, -0.25) is 4.79 Å². The lowest BCUT2D eigenvalue weighted by atomic mass is 10.2. The first-order chi connectivity index (χ1) is 8.71. The van der Waals surface area contributed by atoms with E-state index < -0.39 is 0 Å². The van der Waals surface area contributed by atoms with Crippen molar-refractivity contribution < 1.29 is 4.79 Å². The molecular formula is C12H23N5O. The quantitative estimate of drug-likeness (QED) is 0.715. The molecule has 18 heavy (non-hydrogen) atoms. The van der Waals surface area contributed by atoms with E-state index in [1.54, 1.807) is 6.33 Å². The van der Waals surface area contributed by atoms with Crippen molar-refractivity contribution in [2.75, 3.05) is 6.54 Å². The molecule has 0 aliphatic rings. The highest BCUT2D eigenvalue weighted by molar-refractivity contribution is 5.78. The van der Waals surface area contributed by atoms with Gasteiger partial charge in [0.05, 0.1) is 13.1 Å². The van der Waals surface area contributed by atoms with Crippen molar-refractivity contribution in [1.82, 2.24) is 25.4 Å². The molecule has 6 heteroatoms. The summed E-state index contributed by atoms with van der Waals surface area (Å²) < 4.78 is 1.95. The monoisotopic (exact) mass is 253 g/mol. The Bertz CT molecular complexity index is 359. The summed E-state index contributed by atoms with van der Waals surface area (Å²) in [4.78, 5) is 11.6. The number of rotatable bonds is 8. The van der Waals surface area contributed by atoms with Gasteiger partial charge in [-0.05, 0) is 19.8 Å². The Balaban J connectivity index is 2.27. The van der Waals surface area contributed by atoms with Crippen LogP contribution >= 0.6 is 0 Å². The van der Waals surface area contributed by atoms with Crippen molar-refractivity contribution in [3.63, 3.8) is 0 Å². The van der Waals surface area contributed by atoms with Crippen LogP contribution in [0.3, 0.4) is 0 Å². The van der Waals surface area contributed by atoms with Gasteiger partial charge in [-0.1, -0.05) is 13.8 Å². The second kappa shape index (κ2) is 7.81. The Morgan fingerprint density at radius 3 is 2.72 bits per heavy atom. The third-order valence-corrected chi connectivity index (χ3v) is 2.96. The van der Waals surface area contributed by atoms with Gasteiger partial charge in [0.15, 0.2) is 0 Å². The van der Waals surface area contributed by atoms with Gasteiger partial charge >= 0.3 is 0 Å². The number of amides is 1. The summed E-state index contributed by atoms with van der Waals surface area (Å²) in [6, 6.07) is 0.276. The molecule has 6 nitrogen and oxygen atoms in total. The van der Waals surface area contributed by atoms with Gasteiger partial charge in [-0.25, -0.2) is 0 Å². The molecule has 0 aliphatic heterocycles. The summed E-state index contributed by atoms with van der Waals surface area (Å²) in [5, 5.41) is 13.9. The van der Waals surface area contributed by atoms with Gasteiger partial charge in [0.1, 0.15) is 12.2 Å². The van der Waals surface area contributed by atoms with Crippen molar-refractivity contribution in [2.24, 2.45) is 0 Å². The Labute approximate surface area is 108 Å². The van der Waals surface area contributed by atoms with Gasteiger partial charge < -0.3 is 15.2 Å². The Morgan fingerprint density at radius 1 is 1.39 bits per heavy atom.